The Kier molecular flexibility index (Phi) is 14.9. The average Bonchev–Trinajstić information content (AvgIpc) is 3.04. The summed E-state index contributed by atoms with van der Waals surface area (Å²) in [5.41, 5.74) is 1.22. The van der Waals surface area contributed by atoms with Crippen molar-refractivity contribution in [3.05, 3.63) is 11.6 Å². The summed E-state index contributed by atoms with van der Waals surface area (Å²) in [6.45, 7) is 6.62. The normalized spacial score (nSPS) is 16.1. The maximum atomic E-state index is 12.3. The van der Waals surface area contributed by atoms with Crippen LogP contribution in [0.1, 0.15) is 136 Å². The molecule has 29 heavy (non-hydrogen) atoms. The molecule has 1 atom stereocenters. The van der Waals surface area contributed by atoms with Gasteiger partial charge in [0, 0.05) is 12.8 Å². The zero-order valence-corrected chi connectivity index (χ0v) is 19.6. The zero-order valence-electron chi connectivity index (χ0n) is 19.6. The third kappa shape index (κ3) is 11.0. The first-order valence-corrected chi connectivity index (χ1v) is 12.6. The molecule has 0 aromatic carbocycles. The van der Waals surface area contributed by atoms with Crippen LogP contribution in [0.25, 0.3) is 0 Å². The minimum atomic E-state index is -0.00211. The van der Waals surface area contributed by atoms with E-state index in [0.29, 0.717) is 12.8 Å². The third-order valence-corrected chi connectivity index (χ3v) is 6.28. The molecule has 3 heteroatoms. The summed E-state index contributed by atoms with van der Waals surface area (Å²) in [6.07, 6.45) is 23.2. The van der Waals surface area contributed by atoms with Crippen molar-refractivity contribution in [2.75, 3.05) is 0 Å². The van der Waals surface area contributed by atoms with Gasteiger partial charge in [-0.05, 0) is 26.2 Å². The highest BCUT2D eigenvalue weighted by molar-refractivity contribution is 6.02. The Hall–Kier alpha value is -1.12. The van der Waals surface area contributed by atoms with Crippen molar-refractivity contribution in [1.82, 2.24) is 4.90 Å². The lowest BCUT2D eigenvalue weighted by Gasteiger charge is -2.27. The first kappa shape index (κ1) is 25.9. The van der Waals surface area contributed by atoms with Gasteiger partial charge in [0.1, 0.15) is 0 Å². The molecule has 0 aliphatic carbocycles. The van der Waals surface area contributed by atoms with E-state index in [-0.39, 0.29) is 17.9 Å². The van der Waals surface area contributed by atoms with Crippen LogP contribution in [0, 0.1) is 0 Å². The Balaban J connectivity index is 2.38. The van der Waals surface area contributed by atoms with Crippen molar-refractivity contribution >= 4 is 11.8 Å². The van der Waals surface area contributed by atoms with E-state index >= 15 is 0 Å². The number of hydrogen-bond acceptors (Lipinski definition) is 2. The van der Waals surface area contributed by atoms with Gasteiger partial charge >= 0.3 is 0 Å². The molecule has 0 N–H and O–H groups in total. The molecule has 1 unspecified atom stereocenters. The fourth-order valence-electron chi connectivity index (χ4n) is 4.36. The molecule has 1 heterocycles. The molecule has 0 aromatic rings. The van der Waals surface area contributed by atoms with Gasteiger partial charge in [0.15, 0.2) is 0 Å². The van der Waals surface area contributed by atoms with E-state index in [0.717, 1.165) is 19.3 Å². The molecule has 1 fully saturated rings. The Labute approximate surface area is 180 Å². The highest BCUT2D eigenvalue weighted by Crippen LogP contribution is 2.25. The van der Waals surface area contributed by atoms with E-state index in [4.69, 9.17) is 0 Å². The first-order chi connectivity index (χ1) is 14.1. The van der Waals surface area contributed by atoms with E-state index in [1.165, 1.54) is 89.0 Å². The lowest BCUT2D eigenvalue weighted by Crippen LogP contribution is -2.40. The number of imide groups is 1. The van der Waals surface area contributed by atoms with Crippen LogP contribution >= 0.6 is 0 Å². The number of likely N-dealkylation sites (tertiary alicyclic amines) is 1. The minimum Gasteiger partial charge on any atom is -0.275 e. The number of rotatable bonds is 18. The molecule has 3 nitrogen and oxygen atoms in total. The zero-order chi connectivity index (χ0) is 21.3. The second-order valence-corrected chi connectivity index (χ2v) is 8.94. The summed E-state index contributed by atoms with van der Waals surface area (Å²) < 4.78 is 0. The Morgan fingerprint density at radius 2 is 1.21 bits per heavy atom. The summed E-state index contributed by atoms with van der Waals surface area (Å²) >= 11 is 0. The second kappa shape index (κ2) is 16.7. The molecule has 0 radical (unpaired) electrons. The third-order valence-electron chi connectivity index (χ3n) is 6.28. The molecule has 2 amide bonds. The van der Waals surface area contributed by atoms with Crippen molar-refractivity contribution in [2.24, 2.45) is 0 Å². The van der Waals surface area contributed by atoms with Crippen LogP contribution in [0.2, 0.25) is 0 Å². The largest absolute Gasteiger partial charge is 0.275 e. The van der Waals surface area contributed by atoms with Crippen LogP contribution < -0.4 is 0 Å². The van der Waals surface area contributed by atoms with Crippen LogP contribution in [0.3, 0.4) is 0 Å². The quantitative estimate of drug-likeness (QED) is 0.133. The minimum absolute atomic E-state index is 0.00211. The maximum Gasteiger partial charge on any atom is 0.230 e. The van der Waals surface area contributed by atoms with Crippen LogP contribution in [0.4, 0.5) is 0 Å². The number of nitrogens with zero attached hydrogens (tertiary/aromatic N) is 1. The second-order valence-electron chi connectivity index (χ2n) is 8.94. The lowest BCUT2D eigenvalue weighted by atomic mass is 9.97. The van der Waals surface area contributed by atoms with Crippen molar-refractivity contribution in [1.29, 1.82) is 0 Å². The molecular weight excluding hydrogens is 358 g/mol. The number of hydrogen-bond donors (Lipinski definition) is 0. The van der Waals surface area contributed by atoms with E-state index in [1.54, 1.807) is 4.90 Å². The number of carbonyl (C=O) groups is 2. The number of amides is 2. The molecule has 0 saturated carbocycles. The van der Waals surface area contributed by atoms with Crippen molar-refractivity contribution < 1.29 is 9.59 Å². The van der Waals surface area contributed by atoms with Gasteiger partial charge in [0.05, 0.1) is 6.04 Å². The van der Waals surface area contributed by atoms with Crippen molar-refractivity contribution in [3.63, 3.8) is 0 Å². The van der Waals surface area contributed by atoms with Gasteiger partial charge < -0.3 is 0 Å². The highest BCUT2D eigenvalue weighted by atomic mass is 16.2. The number of unbranched alkanes of at least 4 members (excludes halogenated alkanes) is 13. The molecule has 0 aromatic heterocycles. The van der Waals surface area contributed by atoms with E-state index in [2.05, 4.69) is 26.8 Å². The summed E-state index contributed by atoms with van der Waals surface area (Å²) in [6, 6.07) is -0.00211. The maximum absolute atomic E-state index is 12.3. The molecule has 0 bridgehead atoms. The van der Waals surface area contributed by atoms with Gasteiger partial charge in [-0.2, -0.15) is 0 Å². The topological polar surface area (TPSA) is 37.4 Å². The van der Waals surface area contributed by atoms with E-state index in [9.17, 15) is 9.59 Å². The van der Waals surface area contributed by atoms with E-state index in [1.807, 2.05) is 0 Å². The lowest BCUT2D eigenvalue weighted by molar-refractivity contribution is -0.140. The average molecular weight is 406 g/mol. The molecule has 1 aliphatic rings. The SMILES string of the molecule is CCCCCCC=C(C)C(CCCCCCCCCCCC)N1C(=O)CCC1=O. The van der Waals surface area contributed by atoms with Gasteiger partial charge in [-0.1, -0.05) is 109 Å². The fourth-order valence-corrected chi connectivity index (χ4v) is 4.36. The predicted molar refractivity (Wildman–Crippen MR) is 124 cm³/mol. The standard InChI is InChI=1S/C26H47NO2/c1-4-6-8-10-11-12-13-14-16-18-20-24(27-25(28)21-22-26(27)29)23(3)19-17-15-9-7-5-2/h19,24H,4-18,20-22H2,1-3H3. The molecule has 168 valence electrons. The predicted octanol–water partition coefficient (Wildman–Crippen LogP) is 7.73. The smallest absolute Gasteiger partial charge is 0.230 e. The number of allylic oxidation sites excluding steroid dienone is 1. The first-order valence-electron chi connectivity index (χ1n) is 12.6. The van der Waals surface area contributed by atoms with Crippen LogP contribution in [0.15, 0.2) is 11.6 Å². The van der Waals surface area contributed by atoms with E-state index < -0.39 is 0 Å². The molecular formula is C26H47NO2. The fraction of sp³-hybridized carbons (Fsp3) is 0.846. The molecule has 1 aliphatic heterocycles. The van der Waals surface area contributed by atoms with Gasteiger partial charge in [-0.25, -0.2) is 0 Å². The summed E-state index contributed by atoms with van der Waals surface area (Å²) in [5.74, 6) is 0.0663. The Morgan fingerprint density at radius 3 is 1.72 bits per heavy atom. The summed E-state index contributed by atoms with van der Waals surface area (Å²) in [5, 5.41) is 0. The molecule has 1 rings (SSSR count). The van der Waals surface area contributed by atoms with Crippen molar-refractivity contribution in [3.8, 4) is 0 Å². The van der Waals surface area contributed by atoms with Gasteiger partial charge in [0.2, 0.25) is 11.8 Å². The Bertz CT molecular complexity index is 467. The van der Waals surface area contributed by atoms with Crippen LogP contribution in [-0.4, -0.2) is 22.8 Å². The Morgan fingerprint density at radius 1 is 0.759 bits per heavy atom. The van der Waals surface area contributed by atoms with Crippen molar-refractivity contribution in [2.45, 2.75) is 142 Å². The molecule has 1 saturated heterocycles. The van der Waals surface area contributed by atoms with Gasteiger partial charge in [0.25, 0.3) is 0 Å². The molecule has 0 spiro atoms. The highest BCUT2D eigenvalue weighted by Gasteiger charge is 2.35. The summed E-state index contributed by atoms with van der Waals surface area (Å²) in [7, 11) is 0. The van der Waals surface area contributed by atoms with Crippen LogP contribution in [-0.2, 0) is 9.59 Å². The van der Waals surface area contributed by atoms with Gasteiger partial charge in [-0.15, -0.1) is 0 Å². The monoisotopic (exact) mass is 405 g/mol. The van der Waals surface area contributed by atoms with Crippen LogP contribution in [0.5, 0.6) is 0 Å². The number of carbonyl (C=O) groups excluding carboxylic acids is 2. The summed E-state index contributed by atoms with van der Waals surface area (Å²) in [4.78, 5) is 26.2. The van der Waals surface area contributed by atoms with Gasteiger partial charge in [-0.3, -0.25) is 14.5 Å².